The second kappa shape index (κ2) is 19.0. The summed E-state index contributed by atoms with van der Waals surface area (Å²) < 4.78 is 60.4. The van der Waals surface area contributed by atoms with Gasteiger partial charge in [-0.15, -0.1) is 0 Å². The van der Waals surface area contributed by atoms with Crippen LogP contribution in [-0.4, -0.2) is 121 Å². The van der Waals surface area contributed by atoms with Gasteiger partial charge in [-0.25, -0.2) is 22.7 Å². The summed E-state index contributed by atoms with van der Waals surface area (Å²) >= 11 is 0. The van der Waals surface area contributed by atoms with Crippen molar-refractivity contribution in [2.45, 2.75) is 88.1 Å². The van der Waals surface area contributed by atoms with Crippen molar-refractivity contribution in [1.82, 2.24) is 44.4 Å². The van der Waals surface area contributed by atoms with Gasteiger partial charge in [0.15, 0.2) is 11.3 Å². The molecule has 7 heterocycles. The summed E-state index contributed by atoms with van der Waals surface area (Å²) in [6.45, 7) is 3.13. The number of aromatic nitrogens is 7. The van der Waals surface area contributed by atoms with Crippen LogP contribution in [0.3, 0.4) is 0 Å². The molecular formula is C45H49F3N12O5. The highest BCUT2D eigenvalue weighted by atomic mass is 19.3. The standard InChI is InChI=1S/C45H49F3N12O5/c1-56-41-28(4-2-6-31(41)39(54-56)32-11-12-38(61)53-44(32)62)5-3-20-65-36-14-17-57(25-34(36)46)23-27-7-9-29(10-8-27)60-26-35(40(55-60)42(47)48)51-45(63)33-22-50-59-18-15-37(52-43(33)59)58-19-21-64-30(24-58)13-16-49/h2,4,6,15,18,22,26-27,29-30,32,34,36,42H,7-14,17,19-21,23-25H2,1H3,(H,51,63)(H,53,61,62)/t27?,29?,30-,32?,34+,36-/m1/s1. The van der Waals surface area contributed by atoms with Gasteiger partial charge >= 0.3 is 0 Å². The Morgan fingerprint density at radius 1 is 1.09 bits per heavy atom. The Balaban J connectivity index is 0.756. The Bertz CT molecular complexity index is 2690. The average molecular weight is 895 g/mol. The number of para-hydroxylation sites is 1. The molecule has 1 saturated carbocycles. The lowest BCUT2D eigenvalue weighted by Gasteiger charge is -2.38. The van der Waals surface area contributed by atoms with E-state index in [1.54, 1.807) is 24.0 Å². The normalized spacial score (nSPS) is 24.2. The lowest BCUT2D eigenvalue weighted by Crippen LogP contribution is -2.47. The van der Waals surface area contributed by atoms with Crippen LogP contribution in [0.15, 0.2) is 42.9 Å². The van der Waals surface area contributed by atoms with E-state index in [-0.39, 0.29) is 66.9 Å². The van der Waals surface area contributed by atoms with Gasteiger partial charge in [-0.3, -0.25) is 34.0 Å². The molecule has 9 rings (SSSR count). The topological polar surface area (TPSA) is 190 Å². The first-order chi connectivity index (χ1) is 31.5. The largest absolute Gasteiger partial charge is 0.373 e. The number of nitrogens with zero attached hydrogens (tertiary/aromatic N) is 10. The molecule has 4 fully saturated rings. The molecule has 5 aromatic rings. The number of fused-ring (bicyclic) bond motifs is 2. The summed E-state index contributed by atoms with van der Waals surface area (Å²) in [5, 5.41) is 28.0. The number of amides is 3. The van der Waals surface area contributed by atoms with Crippen molar-refractivity contribution in [3.05, 3.63) is 65.4 Å². The fraction of sp³-hybridized carbons (Fsp3) is 0.511. The molecule has 0 radical (unpaired) electrons. The number of imide groups is 1. The summed E-state index contributed by atoms with van der Waals surface area (Å²) in [5.41, 5.74) is 1.87. The SMILES string of the molecule is Cn1nc(C2CCC(=O)NC2=O)c2cccc(C#CCO[C@@H]3CCN(CC4CCC(n5cc(NC(=O)c6cnn7ccc(N8CCO[C@H](CC#N)C8)nc67)c(C(F)F)n5)CC4)C[C@@H]3F)c21. The van der Waals surface area contributed by atoms with Crippen molar-refractivity contribution in [2.24, 2.45) is 13.0 Å². The molecule has 3 aliphatic heterocycles. The Hall–Kier alpha value is -6.35. The van der Waals surface area contributed by atoms with Crippen LogP contribution in [0.5, 0.6) is 0 Å². The molecule has 340 valence electrons. The van der Waals surface area contributed by atoms with Crippen LogP contribution >= 0.6 is 0 Å². The number of rotatable bonds is 11. The Labute approximate surface area is 372 Å². The fourth-order valence-electron chi connectivity index (χ4n) is 9.60. The van der Waals surface area contributed by atoms with Crippen LogP contribution in [0.4, 0.5) is 24.7 Å². The Kier molecular flexibility index (Phi) is 12.8. The molecule has 4 aromatic heterocycles. The predicted octanol–water partition coefficient (Wildman–Crippen LogP) is 4.85. The van der Waals surface area contributed by atoms with Gasteiger partial charge in [0, 0.05) is 64.0 Å². The molecule has 0 spiro atoms. The molecular weight excluding hydrogens is 846 g/mol. The highest BCUT2D eigenvalue weighted by Crippen LogP contribution is 2.36. The summed E-state index contributed by atoms with van der Waals surface area (Å²) in [5.74, 6) is 5.26. The fourth-order valence-corrected chi connectivity index (χ4v) is 9.60. The van der Waals surface area contributed by atoms with Gasteiger partial charge in [-0.1, -0.05) is 24.0 Å². The van der Waals surface area contributed by atoms with Crippen LogP contribution in [0.25, 0.3) is 16.6 Å². The van der Waals surface area contributed by atoms with E-state index in [1.165, 1.54) is 21.6 Å². The second-order valence-electron chi connectivity index (χ2n) is 17.2. The number of nitrogens with one attached hydrogen (secondary N) is 2. The maximum Gasteiger partial charge on any atom is 0.284 e. The van der Waals surface area contributed by atoms with Gasteiger partial charge < -0.3 is 19.7 Å². The lowest BCUT2D eigenvalue weighted by atomic mass is 9.85. The Morgan fingerprint density at radius 2 is 1.94 bits per heavy atom. The number of carbonyl (C=O) groups excluding carboxylic acids is 3. The number of aryl methyl sites for hydroxylation is 1. The van der Waals surface area contributed by atoms with Crippen molar-refractivity contribution in [3.8, 4) is 17.9 Å². The van der Waals surface area contributed by atoms with Crippen molar-refractivity contribution in [2.75, 3.05) is 56.2 Å². The zero-order valence-electron chi connectivity index (χ0n) is 35.8. The van der Waals surface area contributed by atoms with Gasteiger partial charge in [-0.05, 0) is 56.6 Å². The number of carbonyl (C=O) groups is 3. The van der Waals surface area contributed by atoms with Crippen LogP contribution in [-0.2, 0) is 26.1 Å². The zero-order valence-corrected chi connectivity index (χ0v) is 35.8. The minimum Gasteiger partial charge on any atom is -0.373 e. The van der Waals surface area contributed by atoms with Crippen molar-refractivity contribution in [3.63, 3.8) is 0 Å². The van der Waals surface area contributed by atoms with E-state index in [0.29, 0.717) is 74.9 Å². The zero-order chi connectivity index (χ0) is 45.2. The summed E-state index contributed by atoms with van der Waals surface area (Å²) in [4.78, 5) is 46.6. The van der Waals surface area contributed by atoms with E-state index in [9.17, 15) is 23.2 Å². The number of likely N-dealkylation sites (tertiary alicyclic amines) is 1. The van der Waals surface area contributed by atoms with Gasteiger partial charge in [0.2, 0.25) is 11.8 Å². The van der Waals surface area contributed by atoms with Crippen LogP contribution in [0, 0.1) is 29.1 Å². The van der Waals surface area contributed by atoms with Gasteiger partial charge in [0.25, 0.3) is 12.3 Å². The molecule has 65 heavy (non-hydrogen) atoms. The van der Waals surface area contributed by atoms with E-state index in [0.717, 1.165) is 30.3 Å². The number of benzene rings is 1. The average Bonchev–Trinajstić information content (AvgIpc) is 4.02. The third-order valence-corrected chi connectivity index (χ3v) is 12.9. The second-order valence-corrected chi connectivity index (χ2v) is 17.2. The van der Waals surface area contributed by atoms with E-state index >= 15 is 4.39 Å². The lowest BCUT2D eigenvalue weighted by molar-refractivity contribution is -0.134. The van der Waals surface area contributed by atoms with Gasteiger partial charge in [0.05, 0.1) is 71.9 Å². The summed E-state index contributed by atoms with van der Waals surface area (Å²) in [6.07, 6.45) is 3.97. The number of hydrogen-bond acceptors (Lipinski definition) is 12. The van der Waals surface area contributed by atoms with E-state index in [4.69, 9.17) is 14.7 Å². The molecule has 1 unspecified atom stereocenters. The van der Waals surface area contributed by atoms with Crippen LogP contribution in [0.1, 0.15) is 97.1 Å². The highest BCUT2D eigenvalue weighted by Gasteiger charge is 2.34. The highest BCUT2D eigenvalue weighted by molar-refractivity contribution is 6.08. The number of halogens is 3. The third-order valence-electron chi connectivity index (χ3n) is 12.9. The minimum atomic E-state index is -2.92. The molecule has 2 N–H and O–H groups in total. The number of nitriles is 1. The summed E-state index contributed by atoms with van der Waals surface area (Å²) in [6, 6.07) is 9.35. The van der Waals surface area contributed by atoms with Crippen molar-refractivity contribution in [1.29, 1.82) is 5.26 Å². The quantitative estimate of drug-likeness (QED) is 0.136. The van der Waals surface area contributed by atoms with Gasteiger partial charge in [0.1, 0.15) is 24.2 Å². The van der Waals surface area contributed by atoms with Crippen molar-refractivity contribution < 1.29 is 37.0 Å². The maximum absolute atomic E-state index is 15.5. The summed E-state index contributed by atoms with van der Waals surface area (Å²) in [7, 11) is 1.79. The number of piperidine rings is 2. The molecule has 4 atom stereocenters. The van der Waals surface area contributed by atoms with Gasteiger partial charge in [-0.2, -0.15) is 20.6 Å². The molecule has 3 amide bonds. The maximum atomic E-state index is 15.5. The van der Waals surface area contributed by atoms with E-state index in [2.05, 4.69) is 53.7 Å². The van der Waals surface area contributed by atoms with Crippen molar-refractivity contribution >= 4 is 45.8 Å². The molecule has 0 bridgehead atoms. The monoisotopic (exact) mass is 894 g/mol. The molecule has 4 aliphatic rings. The molecule has 1 aromatic carbocycles. The first-order valence-corrected chi connectivity index (χ1v) is 22.1. The molecule has 1 aliphatic carbocycles. The smallest absolute Gasteiger partial charge is 0.284 e. The molecule has 20 heteroatoms. The number of hydrogen-bond donors (Lipinski definition) is 2. The van der Waals surface area contributed by atoms with Crippen LogP contribution < -0.4 is 15.5 Å². The van der Waals surface area contributed by atoms with E-state index < -0.39 is 36.2 Å². The minimum absolute atomic E-state index is 0.0511. The molecule has 3 saturated heterocycles. The first kappa shape index (κ1) is 43.9. The number of alkyl halides is 3. The van der Waals surface area contributed by atoms with Crippen LogP contribution in [0.2, 0.25) is 0 Å². The predicted molar refractivity (Wildman–Crippen MR) is 230 cm³/mol. The third kappa shape index (κ3) is 9.42. The number of anilines is 2. The van der Waals surface area contributed by atoms with E-state index in [1.807, 2.05) is 23.1 Å². The molecule has 17 nitrogen and oxygen atoms in total. The first-order valence-electron chi connectivity index (χ1n) is 22.1. The Morgan fingerprint density at radius 3 is 2.72 bits per heavy atom. The number of morpholine rings is 1. The number of ether oxygens (including phenoxy) is 2.